The van der Waals surface area contributed by atoms with E-state index in [2.05, 4.69) is 44.3 Å². The number of hydrogen-bond donors (Lipinski definition) is 2. The molecule has 2 rings (SSSR count). The monoisotopic (exact) mass is 326 g/mol. The second-order valence-corrected chi connectivity index (χ2v) is 6.56. The van der Waals surface area contributed by atoms with Gasteiger partial charge in [-0.2, -0.15) is 0 Å². The van der Waals surface area contributed by atoms with E-state index in [0.717, 1.165) is 43.4 Å². The fraction of sp³-hybridized carbons (Fsp3) is 0.600. The first-order valence-corrected chi connectivity index (χ1v) is 7.71. The van der Waals surface area contributed by atoms with Crippen LogP contribution in [0.15, 0.2) is 22.7 Å². The van der Waals surface area contributed by atoms with Crippen molar-refractivity contribution in [2.45, 2.75) is 38.3 Å². The molecule has 1 aromatic carbocycles. The molecule has 1 fully saturated rings. The Bertz CT molecular complexity index is 434. The molecule has 2 N–H and O–H groups in total. The average Bonchev–Trinajstić information content (AvgIpc) is 2.53. The second-order valence-electron chi connectivity index (χ2n) is 5.64. The summed E-state index contributed by atoms with van der Waals surface area (Å²) in [5.74, 6) is 0. The third-order valence-electron chi connectivity index (χ3n) is 3.82. The summed E-state index contributed by atoms with van der Waals surface area (Å²) in [6.45, 7) is 4.75. The van der Waals surface area contributed by atoms with Gasteiger partial charge in [-0.25, -0.2) is 0 Å². The van der Waals surface area contributed by atoms with Crippen molar-refractivity contribution in [1.82, 2.24) is 5.32 Å². The first-order valence-electron chi connectivity index (χ1n) is 6.92. The quantitative estimate of drug-likeness (QED) is 0.896. The van der Waals surface area contributed by atoms with E-state index in [1.165, 1.54) is 11.3 Å². The van der Waals surface area contributed by atoms with Crippen molar-refractivity contribution in [3.63, 3.8) is 0 Å². The lowest BCUT2D eigenvalue weighted by atomic mass is 9.98. The zero-order valence-electron chi connectivity index (χ0n) is 11.7. The zero-order chi connectivity index (χ0) is 13.9. The maximum atomic E-state index is 10.2. The average molecular weight is 327 g/mol. The van der Waals surface area contributed by atoms with Crippen molar-refractivity contribution in [3.05, 3.63) is 28.2 Å². The zero-order valence-corrected chi connectivity index (χ0v) is 13.3. The molecule has 0 saturated carbocycles. The van der Waals surface area contributed by atoms with Crippen molar-refractivity contribution >= 4 is 21.6 Å². The molecule has 106 valence electrons. The van der Waals surface area contributed by atoms with Gasteiger partial charge in [0.2, 0.25) is 0 Å². The summed E-state index contributed by atoms with van der Waals surface area (Å²) in [5, 5.41) is 13.4. The summed E-state index contributed by atoms with van der Waals surface area (Å²) in [4.78, 5) is 2.40. The maximum Gasteiger partial charge on any atom is 0.0637 e. The van der Waals surface area contributed by atoms with Gasteiger partial charge in [0, 0.05) is 29.8 Å². The normalized spacial score (nSPS) is 24.3. The lowest BCUT2D eigenvalue weighted by Gasteiger charge is -2.26. The highest BCUT2D eigenvalue weighted by molar-refractivity contribution is 9.10. The number of hydrogen-bond acceptors (Lipinski definition) is 3. The molecule has 1 atom stereocenters. The first-order chi connectivity index (χ1) is 9.02. The van der Waals surface area contributed by atoms with Crippen molar-refractivity contribution < 1.29 is 5.11 Å². The van der Waals surface area contributed by atoms with Gasteiger partial charge in [-0.1, -0.05) is 22.0 Å². The molecule has 0 bridgehead atoms. The molecule has 1 aliphatic heterocycles. The van der Waals surface area contributed by atoms with Gasteiger partial charge >= 0.3 is 0 Å². The molecule has 1 unspecified atom stereocenters. The minimum atomic E-state index is -0.510. The van der Waals surface area contributed by atoms with Crippen LogP contribution in [0.25, 0.3) is 0 Å². The van der Waals surface area contributed by atoms with E-state index < -0.39 is 5.60 Å². The Hall–Kier alpha value is -0.580. The van der Waals surface area contributed by atoms with E-state index in [4.69, 9.17) is 0 Å². The molecule has 0 radical (unpaired) electrons. The van der Waals surface area contributed by atoms with Crippen LogP contribution >= 0.6 is 15.9 Å². The van der Waals surface area contributed by atoms with Gasteiger partial charge in [-0.05, 0) is 50.9 Å². The molecule has 0 aliphatic carbocycles. The summed E-state index contributed by atoms with van der Waals surface area (Å²) < 4.78 is 1.11. The van der Waals surface area contributed by atoms with Gasteiger partial charge in [0.15, 0.2) is 0 Å². The largest absolute Gasteiger partial charge is 0.390 e. The molecule has 3 nitrogen and oxygen atoms in total. The molecule has 1 heterocycles. The van der Waals surface area contributed by atoms with Gasteiger partial charge < -0.3 is 15.3 Å². The van der Waals surface area contributed by atoms with Crippen LogP contribution in [0.3, 0.4) is 0 Å². The van der Waals surface area contributed by atoms with Crippen LogP contribution in [-0.2, 0) is 6.54 Å². The molecule has 1 saturated heterocycles. The Labute approximate surface area is 124 Å². The molecule has 4 heteroatoms. The van der Waals surface area contributed by atoms with Gasteiger partial charge in [-0.3, -0.25) is 0 Å². The summed E-state index contributed by atoms with van der Waals surface area (Å²) >= 11 is 3.56. The van der Waals surface area contributed by atoms with Crippen molar-refractivity contribution in [1.29, 1.82) is 0 Å². The van der Waals surface area contributed by atoms with E-state index in [9.17, 15) is 5.11 Å². The fourth-order valence-electron chi connectivity index (χ4n) is 2.68. The van der Waals surface area contributed by atoms with Gasteiger partial charge in [0.05, 0.1) is 5.60 Å². The molecule has 0 spiro atoms. The van der Waals surface area contributed by atoms with Crippen LogP contribution in [0.2, 0.25) is 0 Å². The summed E-state index contributed by atoms with van der Waals surface area (Å²) in [5.41, 5.74) is 2.08. The molecule has 0 aromatic heterocycles. The van der Waals surface area contributed by atoms with Gasteiger partial charge in [0.25, 0.3) is 0 Å². The van der Waals surface area contributed by atoms with Crippen LogP contribution in [0, 0.1) is 0 Å². The number of halogens is 1. The van der Waals surface area contributed by atoms with E-state index >= 15 is 0 Å². The lowest BCUT2D eigenvalue weighted by molar-refractivity contribution is 0.0481. The third-order valence-corrected chi connectivity index (χ3v) is 4.31. The Morgan fingerprint density at radius 3 is 2.89 bits per heavy atom. The highest BCUT2D eigenvalue weighted by Gasteiger charge is 2.25. The molecular formula is C15H23BrN2O. The highest BCUT2D eigenvalue weighted by atomic mass is 79.9. The van der Waals surface area contributed by atoms with Crippen molar-refractivity contribution in [3.8, 4) is 0 Å². The number of nitrogens with one attached hydrogen (secondary N) is 1. The molecule has 19 heavy (non-hydrogen) atoms. The van der Waals surface area contributed by atoms with Crippen molar-refractivity contribution in [2.24, 2.45) is 0 Å². The first kappa shape index (κ1) is 14.8. The minimum absolute atomic E-state index is 0.510. The number of nitrogens with zero attached hydrogens (tertiary/aromatic N) is 1. The van der Waals surface area contributed by atoms with E-state index in [0.29, 0.717) is 0 Å². The van der Waals surface area contributed by atoms with Gasteiger partial charge in [0.1, 0.15) is 0 Å². The number of benzene rings is 1. The predicted octanol–water partition coefficient (Wildman–Crippen LogP) is 2.91. The Morgan fingerprint density at radius 2 is 2.16 bits per heavy atom. The lowest BCUT2D eigenvalue weighted by Crippen LogP contribution is -2.29. The predicted molar refractivity (Wildman–Crippen MR) is 83.6 cm³/mol. The number of aliphatic hydroxyl groups is 1. The van der Waals surface area contributed by atoms with Crippen LogP contribution in [0.4, 0.5) is 5.69 Å². The molecule has 0 amide bonds. The molecule has 1 aliphatic rings. The topological polar surface area (TPSA) is 35.5 Å². The van der Waals surface area contributed by atoms with Crippen LogP contribution in [0.1, 0.15) is 31.7 Å². The third kappa shape index (κ3) is 3.94. The van der Waals surface area contributed by atoms with E-state index in [1.807, 2.05) is 14.0 Å². The van der Waals surface area contributed by atoms with Crippen LogP contribution < -0.4 is 10.2 Å². The summed E-state index contributed by atoms with van der Waals surface area (Å²) in [7, 11) is 1.97. The second kappa shape index (κ2) is 6.25. The molecule has 1 aromatic rings. The fourth-order valence-corrected chi connectivity index (χ4v) is 3.02. The minimum Gasteiger partial charge on any atom is -0.390 e. The maximum absolute atomic E-state index is 10.2. The Kier molecular flexibility index (Phi) is 4.87. The van der Waals surface area contributed by atoms with E-state index in [-0.39, 0.29) is 0 Å². The Morgan fingerprint density at radius 1 is 1.37 bits per heavy atom. The number of rotatable bonds is 3. The highest BCUT2D eigenvalue weighted by Crippen LogP contribution is 2.29. The number of anilines is 1. The van der Waals surface area contributed by atoms with E-state index in [1.54, 1.807) is 0 Å². The SMILES string of the molecule is CNCc1ccc(Br)cc1N1CCCC(C)(O)CC1. The van der Waals surface area contributed by atoms with Crippen LogP contribution in [0.5, 0.6) is 0 Å². The standard InChI is InChI=1S/C15H23BrN2O/c1-15(19)6-3-8-18(9-7-15)14-10-13(16)5-4-12(14)11-17-2/h4-5,10,17,19H,3,6-9,11H2,1-2H3. The summed E-state index contributed by atoms with van der Waals surface area (Å²) in [6.07, 6.45) is 2.76. The summed E-state index contributed by atoms with van der Waals surface area (Å²) in [6, 6.07) is 6.44. The smallest absolute Gasteiger partial charge is 0.0637 e. The Balaban J connectivity index is 2.22. The van der Waals surface area contributed by atoms with Crippen molar-refractivity contribution in [2.75, 3.05) is 25.0 Å². The van der Waals surface area contributed by atoms with Crippen LogP contribution in [-0.4, -0.2) is 30.8 Å². The molecular weight excluding hydrogens is 304 g/mol. The van der Waals surface area contributed by atoms with Gasteiger partial charge in [-0.15, -0.1) is 0 Å².